The van der Waals surface area contributed by atoms with Crippen LogP contribution in [0, 0.1) is 12.3 Å². The average Bonchev–Trinajstić information content (AvgIpc) is 2.84. The van der Waals surface area contributed by atoms with Crippen molar-refractivity contribution in [1.82, 2.24) is 9.55 Å². The number of H-pyrrole nitrogens is 1. The number of fused-ring (bicyclic) bond motifs is 1. The number of aliphatic hydroxyl groups is 3. The molecule has 1 aliphatic carbocycles. The number of hydrogen-bond donors (Lipinski definition) is 4. The minimum Gasteiger partial charge on any atom is -0.387 e. The number of terminal acetylenes is 1. The Morgan fingerprint density at radius 2 is 2.19 bits per heavy atom. The third-order valence-corrected chi connectivity index (χ3v) is 4.18. The second-order valence-corrected chi connectivity index (χ2v) is 5.09. The molecular weight excluding hydrogens is 287 g/mol. The van der Waals surface area contributed by atoms with Crippen molar-refractivity contribution in [1.29, 1.82) is 0 Å². The zero-order chi connectivity index (χ0) is 15.6. The summed E-state index contributed by atoms with van der Waals surface area (Å²) in [5.74, 6) is 1.85. The lowest BCUT2D eigenvalue weighted by atomic mass is 9.92. The predicted molar refractivity (Wildman–Crippen MR) is 64.9 cm³/mol. The normalized spacial score (nSPS) is 44.1. The van der Waals surface area contributed by atoms with Crippen LogP contribution in [0.2, 0.25) is 0 Å². The van der Waals surface area contributed by atoms with Crippen molar-refractivity contribution in [3.8, 4) is 12.3 Å². The van der Waals surface area contributed by atoms with E-state index in [2.05, 4.69) is 0 Å². The molecule has 0 bridgehead atoms. The van der Waals surface area contributed by atoms with E-state index < -0.39 is 47.1 Å². The Hall–Kier alpha value is -1.99. The van der Waals surface area contributed by atoms with Gasteiger partial charge in [0, 0.05) is 12.3 Å². The van der Waals surface area contributed by atoms with Crippen LogP contribution in [-0.4, -0.2) is 54.5 Å². The molecule has 0 amide bonds. The number of aromatic nitrogens is 2. The lowest BCUT2D eigenvalue weighted by molar-refractivity contribution is -0.148. The zero-order valence-electron chi connectivity index (χ0n) is 10.5. The summed E-state index contributed by atoms with van der Waals surface area (Å²) in [5, 5.41) is 30.4. The summed E-state index contributed by atoms with van der Waals surface area (Å²) < 4.78 is 19.1. The van der Waals surface area contributed by atoms with Crippen molar-refractivity contribution in [3.63, 3.8) is 0 Å². The van der Waals surface area contributed by atoms with Crippen LogP contribution >= 0.6 is 0 Å². The molecule has 4 N–H and O–H groups in total. The third-order valence-electron chi connectivity index (χ3n) is 4.18. The van der Waals surface area contributed by atoms with Gasteiger partial charge in [-0.1, -0.05) is 5.92 Å². The third kappa shape index (κ3) is 1.28. The van der Waals surface area contributed by atoms with E-state index in [1.165, 1.54) is 0 Å². The van der Waals surface area contributed by atoms with Gasteiger partial charge in [-0.25, -0.2) is 9.18 Å². The lowest BCUT2D eigenvalue weighted by Gasteiger charge is -2.30. The Kier molecular flexibility index (Phi) is 2.53. The molecule has 1 aliphatic heterocycles. The molecule has 2 heterocycles. The number of aliphatic hydroxyl groups excluding tert-OH is 1. The summed E-state index contributed by atoms with van der Waals surface area (Å²) in [6, 6.07) is 0.966. The molecule has 9 heteroatoms. The second-order valence-electron chi connectivity index (χ2n) is 5.09. The number of alkyl halides is 1. The first-order valence-electron chi connectivity index (χ1n) is 5.94. The highest BCUT2D eigenvalue weighted by atomic mass is 19.1. The van der Waals surface area contributed by atoms with Crippen molar-refractivity contribution in [2.75, 3.05) is 6.67 Å². The molecule has 112 valence electrons. The van der Waals surface area contributed by atoms with Gasteiger partial charge >= 0.3 is 5.69 Å². The fraction of sp³-hybridized carbons (Fsp3) is 0.500. The Bertz CT molecular complexity index is 768. The van der Waals surface area contributed by atoms with E-state index in [4.69, 9.17) is 11.2 Å². The fourth-order valence-corrected chi connectivity index (χ4v) is 2.89. The van der Waals surface area contributed by atoms with Gasteiger partial charge in [-0.15, -0.1) is 6.42 Å². The number of nitrogens with zero attached hydrogens (tertiary/aromatic N) is 1. The molecule has 3 rings (SSSR count). The van der Waals surface area contributed by atoms with Crippen LogP contribution < -0.4 is 11.2 Å². The quantitative estimate of drug-likeness (QED) is 0.439. The highest BCUT2D eigenvalue weighted by molar-refractivity contribution is 5.45. The first-order valence-corrected chi connectivity index (χ1v) is 5.94. The first-order chi connectivity index (χ1) is 9.78. The summed E-state index contributed by atoms with van der Waals surface area (Å²) in [7, 11) is 0. The van der Waals surface area contributed by atoms with Crippen molar-refractivity contribution < 1.29 is 24.4 Å². The highest BCUT2D eigenvalue weighted by Gasteiger charge is 2.93. The maximum Gasteiger partial charge on any atom is 0.330 e. The minimum atomic E-state index is -2.54. The van der Waals surface area contributed by atoms with Crippen molar-refractivity contribution in [2.24, 2.45) is 0 Å². The predicted octanol–water partition coefficient (Wildman–Crippen LogP) is -2.76. The summed E-state index contributed by atoms with van der Waals surface area (Å²) in [6.45, 7) is -1.32. The van der Waals surface area contributed by atoms with Crippen LogP contribution in [0.5, 0.6) is 0 Å². The summed E-state index contributed by atoms with van der Waals surface area (Å²) in [6.07, 6.45) is 2.79. The second kappa shape index (κ2) is 3.80. The fourth-order valence-electron chi connectivity index (χ4n) is 2.89. The molecule has 2 aliphatic rings. The molecule has 5 unspecified atom stereocenters. The van der Waals surface area contributed by atoms with E-state index in [1.54, 1.807) is 0 Å². The zero-order valence-corrected chi connectivity index (χ0v) is 10.5. The monoisotopic (exact) mass is 298 g/mol. The van der Waals surface area contributed by atoms with Crippen LogP contribution in [0.4, 0.5) is 4.39 Å². The molecule has 1 saturated heterocycles. The molecule has 0 spiro atoms. The topological polar surface area (TPSA) is 125 Å². The van der Waals surface area contributed by atoms with Crippen molar-refractivity contribution in [2.45, 2.75) is 29.1 Å². The largest absolute Gasteiger partial charge is 0.387 e. The maximum atomic E-state index is 13.2. The molecule has 8 nitrogen and oxygen atoms in total. The van der Waals surface area contributed by atoms with Crippen LogP contribution in [0.15, 0.2) is 21.9 Å². The van der Waals surface area contributed by atoms with E-state index in [0.29, 0.717) is 0 Å². The Morgan fingerprint density at radius 1 is 1.52 bits per heavy atom. The van der Waals surface area contributed by atoms with Gasteiger partial charge in [0.25, 0.3) is 5.56 Å². The molecule has 0 aromatic carbocycles. The van der Waals surface area contributed by atoms with Crippen LogP contribution in [0.3, 0.4) is 0 Å². The van der Waals surface area contributed by atoms with E-state index >= 15 is 0 Å². The average molecular weight is 298 g/mol. The van der Waals surface area contributed by atoms with Gasteiger partial charge in [0.1, 0.15) is 12.8 Å². The number of rotatable bonds is 2. The van der Waals surface area contributed by atoms with Gasteiger partial charge in [0.2, 0.25) is 5.60 Å². The van der Waals surface area contributed by atoms with Crippen LogP contribution in [0.25, 0.3) is 0 Å². The van der Waals surface area contributed by atoms with Crippen LogP contribution in [-0.2, 0) is 4.74 Å². The van der Waals surface area contributed by atoms with Gasteiger partial charge in [0.15, 0.2) is 17.4 Å². The minimum absolute atomic E-state index is 0.692. The number of ether oxygens (including phenoxy) is 1. The Labute approximate surface area is 116 Å². The first kappa shape index (κ1) is 14.0. The van der Waals surface area contributed by atoms with Crippen LogP contribution in [0.1, 0.15) is 6.23 Å². The van der Waals surface area contributed by atoms with E-state index in [1.807, 2.05) is 10.9 Å². The van der Waals surface area contributed by atoms with E-state index in [0.717, 1.165) is 16.8 Å². The SMILES string of the molecule is C#CC1(O)C(n2ccc(=O)[nH]c2=O)OC2(CF)C(O)C12O. The molecule has 1 aromatic rings. The molecule has 0 radical (unpaired) electrons. The highest BCUT2D eigenvalue weighted by Crippen LogP contribution is 2.66. The summed E-state index contributed by atoms with van der Waals surface area (Å²) in [5.41, 5.74) is -8.74. The molecule has 2 fully saturated rings. The van der Waals surface area contributed by atoms with Crippen molar-refractivity contribution >= 4 is 0 Å². The Morgan fingerprint density at radius 3 is 2.71 bits per heavy atom. The van der Waals surface area contributed by atoms with Gasteiger partial charge in [-0.05, 0) is 0 Å². The number of aromatic amines is 1. The molecule has 1 aromatic heterocycles. The number of nitrogens with one attached hydrogen (secondary N) is 1. The number of hydrogen-bond acceptors (Lipinski definition) is 6. The van der Waals surface area contributed by atoms with Gasteiger partial charge < -0.3 is 20.1 Å². The van der Waals surface area contributed by atoms with Gasteiger partial charge in [-0.2, -0.15) is 0 Å². The molecule has 1 saturated carbocycles. The van der Waals surface area contributed by atoms with E-state index in [-0.39, 0.29) is 0 Å². The summed E-state index contributed by atoms with van der Waals surface area (Å²) >= 11 is 0. The standard InChI is InChI=1S/C12H11FN2O6/c1-2-10(19)8(15-4-3-6(16)14-9(15)18)21-11(5-13)7(17)12(10,11)20/h1,3-4,7-8,17,19-20H,5H2,(H,14,16,18). The van der Waals surface area contributed by atoms with E-state index in [9.17, 15) is 29.3 Å². The molecule has 21 heavy (non-hydrogen) atoms. The molecule has 5 atom stereocenters. The van der Waals surface area contributed by atoms with Gasteiger partial charge in [-0.3, -0.25) is 14.3 Å². The van der Waals surface area contributed by atoms with Gasteiger partial charge in [0.05, 0.1) is 0 Å². The Balaban J connectivity index is 2.16. The smallest absolute Gasteiger partial charge is 0.330 e. The maximum absolute atomic E-state index is 13.2. The van der Waals surface area contributed by atoms with Crippen molar-refractivity contribution in [3.05, 3.63) is 33.1 Å². The number of halogens is 1. The molecular formula is C12H11FN2O6. The lowest BCUT2D eigenvalue weighted by Crippen LogP contribution is -2.52. The summed E-state index contributed by atoms with van der Waals surface area (Å²) in [4.78, 5) is 24.7.